The zero-order valence-electron chi connectivity index (χ0n) is 10.9. The van der Waals surface area contributed by atoms with Crippen LogP contribution in [0.2, 0.25) is 0 Å². The lowest BCUT2D eigenvalue weighted by Gasteiger charge is -2.36. The van der Waals surface area contributed by atoms with Crippen molar-refractivity contribution in [2.45, 2.75) is 31.8 Å². The molecule has 3 atom stereocenters. The first-order chi connectivity index (χ1) is 8.33. The lowest BCUT2D eigenvalue weighted by atomic mass is 9.83. The minimum atomic E-state index is 0.360. The van der Waals surface area contributed by atoms with Gasteiger partial charge in [-0.2, -0.15) is 0 Å². The highest BCUT2D eigenvalue weighted by Crippen LogP contribution is 2.31. The third-order valence-corrected chi connectivity index (χ3v) is 3.78. The van der Waals surface area contributed by atoms with Crippen LogP contribution < -0.4 is 5.32 Å². The summed E-state index contributed by atoms with van der Waals surface area (Å²) in [7, 11) is 2.03. The summed E-state index contributed by atoms with van der Waals surface area (Å²) in [5, 5.41) is 3.29. The molecule has 0 radical (unpaired) electrons. The van der Waals surface area contributed by atoms with Crippen LogP contribution >= 0.6 is 0 Å². The number of nitrogens with one attached hydrogen (secondary N) is 1. The average Bonchev–Trinajstić information content (AvgIpc) is 2.40. The van der Waals surface area contributed by atoms with E-state index < -0.39 is 0 Å². The maximum absolute atomic E-state index is 6.02. The number of ether oxygens (including phenoxy) is 1. The van der Waals surface area contributed by atoms with Gasteiger partial charge < -0.3 is 10.1 Å². The van der Waals surface area contributed by atoms with Crippen molar-refractivity contribution in [3.63, 3.8) is 0 Å². The molecule has 1 heterocycles. The Labute approximate surface area is 104 Å². The molecule has 1 aromatic carbocycles. The lowest BCUT2D eigenvalue weighted by molar-refractivity contribution is -0.0379. The molecule has 1 aromatic rings. The number of hydrogen-bond donors (Lipinski definition) is 1. The molecule has 0 aromatic heterocycles. The van der Waals surface area contributed by atoms with Crippen molar-refractivity contribution in [2.24, 2.45) is 5.92 Å². The van der Waals surface area contributed by atoms with Crippen LogP contribution in [0.25, 0.3) is 0 Å². The predicted molar refractivity (Wildman–Crippen MR) is 71.2 cm³/mol. The highest BCUT2D eigenvalue weighted by molar-refractivity contribution is 5.20. The molecule has 0 amide bonds. The molecule has 17 heavy (non-hydrogen) atoms. The quantitative estimate of drug-likeness (QED) is 0.863. The van der Waals surface area contributed by atoms with Crippen molar-refractivity contribution < 1.29 is 4.74 Å². The van der Waals surface area contributed by atoms with E-state index >= 15 is 0 Å². The molecular weight excluding hydrogens is 210 g/mol. The van der Waals surface area contributed by atoms with Crippen molar-refractivity contribution in [3.8, 4) is 0 Å². The van der Waals surface area contributed by atoms with Crippen LogP contribution in [0.3, 0.4) is 0 Å². The van der Waals surface area contributed by atoms with Gasteiger partial charge in [-0.05, 0) is 31.4 Å². The van der Waals surface area contributed by atoms with E-state index in [9.17, 15) is 0 Å². The second-order valence-corrected chi connectivity index (χ2v) is 4.99. The van der Waals surface area contributed by atoms with Gasteiger partial charge in [0.2, 0.25) is 0 Å². The van der Waals surface area contributed by atoms with Gasteiger partial charge in [0.1, 0.15) is 0 Å². The Morgan fingerprint density at radius 2 is 2.12 bits per heavy atom. The van der Waals surface area contributed by atoms with E-state index in [1.807, 2.05) is 7.05 Å². The molecule has 1 aliphatic heterocycles. The number of rotatable bonds is 4. The molecule has 0 bridgehead atoms. The topological polar surface area (TPSA) is 21.3 Å². The summed E-state index contributed by atoms with van der Waals surface area (Å²) in [5.41, 5.74) is 1.39. The molecule has 1 aliphatic rings. The van der Waals surface area contributed by atoms with Crippen LogP contribution in [-0.2, 0) is 4.74 Å². The Morgan fingerprint density at radius 1 is 1.35 bits per heavy atom. The average molecular weight is 233 g/mol. The summed E-state index contributed by atoms with van der Waals surface area (Å²) < 4.78 is 6.02. The fourth-order valence-corrected chi connectivity index (χ4v) is 2.84. The highest BCUT2D eigenvalue weighted by atomic mass is 16.5. The summed E-state index contributed by atoms with van der Waals surface area (Å²) >= 11 is 0. The molecule has 1 N–H and O–H groups in total. The second-order valence-electron chi connectivity index (χ2n) is 4.99. The maximum Gasteiger partial charge on any atom is 0.0681 e. The van der Waals surface area contributed by atoms with E-state index in [2.05, 4.69) is 42.6 Å². The van der Waals surface area contributed by atoms with Gasteiger partial charge in [-0.15, -0.1) is 0 Å². The van der Waals surface area contributed by atoms with Crippen LogP contribution in [0.1, 0.15) is 31.2 Å². The van der Waals surface area contributed by atoms with Crippen molar-refractivity contribution in [1.82, 2.24) is 5.32 Å². The third-order valence-electron chi connectivity index (χ3n) is 3.78. The number of hydrogen-bond acceptors (Lipinski definition) is 2. The molecule has 2 heteroatoms. The van der Waals surface area contributed by atoms with Crippen LogP contribution in [-0.4, -0.2) is 26.3 Å². The van der Waals surface area contributed by atoms with E-state index in [4.69, 9.17) is 4.74 Å². The van der Waals surface area contributed by atoms with E-state index in [0.29, 0.717) is 17.9 Å². The Morgan fingerprint density at radius 3 is 2.82 bits per heavy atom. The first-order valence-electron chi connectivity index (χ1n) is 6.64. The first kappa shape index (κ1) is 12.6. The minimum Gasteiger partial charge on any atom is -0.377 e. The molecule has 0 saturated carbocycles. The first-order valence-corrected chi connectivity index (χ1v) is 6.64. The molecule has 2 rings (SSSR count). The summed E-state index contributed by atoms with van der Waals surface area (Å²) in [6, 6.07) is 10.7. The fourth-order valence-electron chi connectivity index (χ4n) is 2.84. The minimum absolute atomic E-state index is 0.360. The number of benzene rings is 1. The lowest BCUT2D eigenvalue weighted by Crippen LogP contribution is -2.38. The summed E-state index contributed by atoms with van der Waals surface area (Å²) in [6.45, 7) is 4.26. The van der Waals surface area contributed by atoms with E-state index in [0.717, 1.165) is 13.2 Å². The van der Waals surface area contributed by atoms with Crippen LogP contribution in [0.15, 0.2) is 30.3 Å². The normalized spacial score (nSPS) is 26.7. The summed E-state index contributed by atoms with van der Waals surface area (Å²) in [4.78, 5) is 0. The van der Waals surface area contributed by atoms with Crippen molar-refractivity contribution >= 4 is 0 Å². The zero-order valence-corrected chi connectivity index (χ0v) is 10.9. The maximum atomic E-state index is 6.02. The van der Waals surface area contributed by atoms with Crippen LogP contribution in [0.4, 0.5) is 0 Å². The molecular formula is C15H23NO. The van der Waals surface area contributed by atoms with Crippen molar-refractivity contribution in [1.29, 1.82) is 0 Å². The highest BCUT2D eigenvalue weighted by Gasteiger charge is 2.30. The van der Waals surface area contributed by atoms with Gasteiger partial charge in [-0.3, -0.25) is 0 Å². The molecule has 3 unspecified atom stereocenters. The van der Waals surface area contributed by atoms with Crippen molar-refractivity contribution in [2.75, 3.05) is 20.2 Å². The van der Waals surface area contributed by atoms with Gasteiger partial charge in [0.25, 0.3) is 0 Å². The monoisotopic (exact) mass is 233 g/mol. The van der Waals surface area contributed by atoms with Gasteiger partial charge in [0, 0.05) is 19.1 Å². The third kappa shape index (κ3) is 3.08. The molecule has 94 valence electrons. The van der Waals surface area contributed by atoms with E-state index in [1.54, 1.807) is 0 Å². The SMILES string of the molecule is CNCC1CCCOC1C(C)c1ccccc1. The molecule has 0 aliphatic carbocycles. The van der Waals surface area contributed by atoms with Gasteiger partial charge in [-0.1, -0.05) is 37.3 Å². The van der Waals surface area contributed by atoms with Gasteiger partial charge >= 0.3 is 0 Å². The van der Waals surface area contributed by atoms with Gasteiger partial charge in [-0.25, -0.2) is 0 Å². The Kier molecular flexibility index (Phi) is 4.57. The fraction of sp³-hybridized carbons (Fsp3) is 0.600. The summed E-state index contributed by atoms with van der Waals surface area (Å²) in [5.74, 6) is 1.12. The zero-order chi connectivity index (χ0) is 12.1. The Balaban J connectivity index is 2.08. The standard InChI is InChI=1S/C15H23NO/c1-12(13-7-4-3-5-8-13)15-14(11-16-2)9-6-10-17-15/h3-5,7-8,12,14-16H,6,9-11H2,1-2H3. The molecule has 0 spiro atoms. The van der Waals surface area contributed by atoms with E-state index in [-0.39, 0.29) is 0 Å². The smallest absolute Gasteiger partial charge is 0.0681 e. The van der Waals surface area contributed by atoms with Crippen LogP contribution in [0.5, 0.6) is 0 Å². The summed E-state index contributed by atoms with van der Waals surface area (Å²) in [6.07, 6.45) is 2.84. The Hall–Kier alpha value is -0.860. The van der Waals surface area contributed by atoms with Gasteiger partial charge in [0.15, 0.2) is 0 Å². The molecule has 1 fully saturated rings. The largest absolute Gasteiger partial charge is 0.377 e. The van der Waals surface area contributed by atoms with Gasteiger partial charge in [0.05, 0.1) is 6.10 Å². The predicted octanol–water partition coefficient (Wildman–Crippen LogP) is 2.80. The second kappa shape index (κ2) is 6.18. The Bertz CT molecular complexity index is 323. The van der Waals surface area contributed by atoms with E-state index in [1.165, 1.54) is 18.4 Å². The van der Waals surface area contributed by atoms with Crippen molar-refractivity contribution in [3.05, 3.63) is 35.9 Å². The van der Waals surface area contributed by atoms with Crippen LogP contribution in [0, 0.1) is 5.92 Å². The molecule has 2 nitrogen and oxygen atoms in total. The molecule has 1 saturated heterocycles.